The van der Waals surface area contributed by atoms with Crippen molar-refractivity contribution in [2.45, 2.75) is 33.2 Å². The summed E-state index contributed by atoms with van der Waals surface area (Å²) in [5, 5.41) is 1.03. The van der Waals surface area contributed by atoms with Gasteiger partial charge >= 0.3 is 0 Å². The molecular formula is C18H24N2O. The molecule has 0 amide bonds. The lowest BCUT2D eigenvalue weighted by Gasteiger charge is -2.38. The van der Waals surface area contributed by atoms with Crippen molar-refractivity contribution in [3.63, 3.8) is 0 Å². The molecule has 3 atom stereocenters. The Labute approximate surface area is 126 Å². The molecule has 0 bridgehead atoms. The number of fused-ring (bicyclic) bond motifs is 1. The number of aromatic nitrogens is 1. The van der Waals surface area contributed by atoms with E-state index in [1.165, 1.54) is 6.42 Å². The van der Waals surface area contributed by atoms with Crippen LogP contribution < -0.4 is 0 Å². The molecule has 1 aliphatic heterocycles. The maximum atomic E-state index is 12.9. The molecule has 2 aromatic rings. The van der Waals surface area contributed by atoms with E-state index in [9.17, 15) is 4.79 Å². The lowest BCUT2D eigenvalue weighted by Crippen LogP contribution is -2.47. The first-order valence-corrected chi connectivity index (χ1v) is 7.90. The monoisotopic (exact) mass is 284 g/mol. The van der Waals surface area contributed by atoms with Crippen molar-refractivity contribution in [1.29, 1.82) is 0 Å². The van der Waals surface area contributed by atoms with E-state index >= 15 is 0 Å². The third kappa shape index (κ3) is 2.75. The van der Waals surface area contributed by atoms with Crippen LogP contribution in [0, 0.1) is 11.8 Å². The number of para-hydroxylation sites is 1. The molecular weight excluding hydrogens is 260 g/mol. The molecule has 1 aromatic heterocycles. The van der Waals surface area contributed by atoms with Gasteiger partial charge in [-0.25, -0.2) is 0 Å². The highest BCUT2D eigenvalue weighted by molar-refractivity contribution is 6.10. The normalized spacial score (nSPS) is 25.1. The summed E-state index contributed by atoms with van der Waals surface area (Å²) < 4.78 is 0. The molecule has 1 saturated heterocycles. The van der Waals surface area contributed by atoms with Crippen molar-refractivity contribution in [1.82, 2.24) is 9.88 Å². The highest BCUT2D eigenvalue weighted by Gasteiger charge is 2.30. The summed E-state index contributed by atoms with van der Waals surface area (Å²) in [5.41, 5.74) is 1.86. The van der Waals surface area contributed by atoms with Gasteiger partial charge in [0.1, 0.15) is 0 Å². The van der Waals surface area contributed by atoms with Gasteiger partial charge in [-0.05, 0) is 31.2 Å². The average Bonchev–Trinajstić information content (AvgIpc) is 2.88. The smallest absolute Gasteiger partial charge is 0.181 e. The van der Waals surface area contributed by atoms with Gasteiger partial charge in [-0.2, -0.15) is 0 Å². The Balaban J connectivity index is 1.84. The maximum Gasteiger partial charge on any atom is 0.181 e. The summed E-state index contributed by atoms with van der Waals surface area (Å²) in [6.07, 6.45) is 3.13. The van der Waals surface area contributed by atoms with Crippen molar-refractivity contribution in [2.24, 2.45) is 11.8 Å². The van der Waals surface area contributed by atoms with Crippen molar-refractivity contribution in [3.8, 4) is 0 Å². The van der Waals surface area contributed by atoms with E-state index in [1.54, 1.807) is 0 Å². The topological polar surface area (TPSA) is 36.1 Å². The molecule has 1 fully saturated rings. The number of benzene rings is 1. The van der Waals surface area contributed by atoms with E-state index < -0.39 is 0 Å². The van der Waals surface area contributed by atoms with Gasteiger partial charge in [0, 0.05) is 35.8 Å². The van der Waals surface area contributed by atoms with E-state index in [0.717, 1.165) is 29.6 Å². The number of nitrogens with zero attached hydrogens (tertiary/aromatic N) is 1. The first-order valence-electron chi connectivity index (χ1n) is 7.90. The van der Waals surface area contributed by atoms with Gasteiger partial charge in [0.2, 0.25) is 0 Å². The second-order valence-corrected chi connectivity index (χ2v) is 6.69. The van der Waals surface area contributed by atoms with E-state index in [0.29, 0.717) is 11.8 Å². The fraction of sp³-hybridized carbons (Fsp3) is 0.500. The lowest BCUT2D eigenvalue weighted by atomic mass is 9.90. The number of carbonyl (C=O) groups excluding carboxylic acids is 1. The van der Waals surface area contributed by atoms with Gasteiger partial charge in [0.25, 0.3) is 0 Å². The molecule has 21 heavy (non-hydrogen) atoms. The summed E-state index contributed by atoms with van der Waals surface area (Å²) in [5.74, 6) is 1.58. The first kappa shape index (κ1) is 14.3. The number of likely N-dealkylation sites (tertiary alicyclic amines) is 1. The third-order valence-corrected chi connectivity index (χ3v) is 4.68. The van der Waals surface area contributed by atoms with Crippen LogP contribution in [0.25, 0.3) is 10.9 Å². The zero-order valence-corrected chi connectivity index (χ0v) is 13.1. The van der Waals surface area contributed by atoms with Crippen LogP contribution in [0.4, 0.5) is 0 Å². The van der Waals surface area contributed by atoms with Crippen LogP contribution in [0.5, 0.6) is 0 Å². The van der Waals surface area contributed by atoms with Crippen LogP contribution in [0.15, 0.2) is 30.5 Å². The molecule has 112 valence electrons. The van der Waals surface area contributed by atoms with Gasteiger partial charge in [-0.15, -0.1) is 0 Å². The number of carbonyl (C=O) groups is 1. The van der Waals surface area contributed by atoms with Crippen molar-refractivity contribution in [3.05, 3.63) is 36.0 Å². The van der Waals surface area contributed by atoms with Crippen LogP contribution in [-0.4, -0.2) is 34.8 Å². The molecule has 2 heterocycles. The maximum absolute atomic E-state index is 12.9. The van der Waals surface area contributed by atoms with Crippen LogP contribution in [0.3, 0.4) is 0 Å². The van der Waals surface area contributed by atoms with Crippen LogP contribution >= 0.6 is 0 Å². The van der Waals surface area contributed by atoms with Crippen molar-refractivity contribution >= 4 is 16.7 Å². The van der Waals surface area contributed by atoms with Gasteiger partial charge in [-0.1, -0.05) is 32.0 Å². The summed E-state index contributed by atoms with van der Waals surface area (Å²) in [6.45, 7) is 8.67. The Morgan fingerprint density at radius 1 is 1.24 bits per heavy atom. The van der Waals surface area contributed by atoms with Crippen LogP contribution in [-0.2, 0) is 0 Å². The number of H-pyrrole nitrogens is 1. The molecule has 1 aliphatic rings. The highest BCUT2D eigenvalue weighted by Crippen LogP contribution is 2.25. The van der Waals surface area contributed by atoms with Crippen LogP contribution in [0.2, 0.25) is 0 Å². The standard InChI is InChI=1S/C18H24N2O/c1-12-8-13(2)11-20(10-12)14(3)18(21)16-9-19-17-7-5-4-6-15(16)17/h4-7,9,12-14,19H,8,10-11H2,1-3H3/t12-,13+,14-/m1/s1. The Kier molecular flexibility index (Phi) is 3.85. The Morgan fingerprint density at radius 2 is 1.90 bits per heavy atom. The Bertz CT molecular complexity index is 635. The fourth-order valence-corrected chi connectivity index (χ4v) is 3.69. The van der Waals surface area contributed by atoms with E-state index in [4.69, 9.17) is 0 Å². The van der Waals surface area contributed by atoms with Crippen molar-refractivity contribution < 1.29 is 4.79 Å². The summed E-state index contributed by atoms with van der Waals surface area (Å²) in [6, 6.07) is 7.97. The quantitative estimate of drug-likeness (QED) is 0.872. The van der Waals surface area contributed by atoms with Gasteiger partial charge in [-0.3, -0.25) is 9.69 Å². The molecule has 3 rings (SSSR count). The molecule has 3 nitrogen and oxygen atoms in total. The molecule has 0 spiro atoms. The predicted molar refractivity (Wildman–Crippen MR) is 86.6 cm³/mol. The fourth-order valence-electron chi connectivity index (χ4n) is 3.69. The number of nitrogens with one attached hydrogen (secondary N) is 1. The number of hydrogen-bond donors (Lipinski definition) is 1. The van der Waals surface area contributed by atoms with Gasteiger partial charge in [0.05, 0.1) is 6.04 Å². The second-order valence-electron chi connectivity index (χ2n) is 6.69. The Morgan fingerprint density at radius 3 is 2.62 bits per heavy atom. The number of aromatic amines is 1. The van der Waals surface area contributed by atoms with Crippen molar-refractivity contribution in [2.75, 3.05) is 13.1 Å². The molecule has 3 heteroatoms. The number of Topliss-reactive ketones (excluding diaryl/α,β-unsaturated/α-hetero) is 1. The molecule has 1 N–H and O–H groups in total. The summed E-state index contributed by atoms with van der Waals surface area (Å²) in [7, 11) is 0. The Hall–Kier alpha value is -1.61. The number of hydrogen-bond acceptors (Lipinski definition) is 2. The predicted octanol–water partition coefficient (Wildman–Crippen LogP) is 3.72. The van der Waals surface area contributed by atoms with Gasteiger partial charge < -0.3 is 4.98 Å². The largest absolute Gasteiger partial charge is 0.360 e. The summed E-state index contributed by atoms with van der Waals surface area (Å²) in [4.78, 5) is 18.4. The molecule has 0 radical (unpaired) electrons. The number of ketones is 1. The zero-order chi connectivity index (χ0) is 15.0. The average molecular weight is 284 g/mol. The number of piperidine rings is 1. The summed E-state index contributed by atoms with van der Waals surface area (Å²) >= 11 is 0. The lowest BCUT2D eigenvalue weighted by molar-refractivity contribution is 0.0688. The zero-order valence-electron chi connectivity index (χ0n) is 13.1. The van der Waals surface area contributed by atoms with E-state index in [1.807, 2.05) is 30.5 Å². The number of rotatable bonds is 3. The highest BCUT2D eigenvalue weighted by atomic mass is 16.1. The van der Waals surface area contributed by atoms with E-state index in [-0.39, 0.29) is 11.8 Å². The molecule has 0 aliphatic carbocycles. The molecule has 0 saturated carbocycles. The first-order chi connectivity index (χ1) is 10.1. The SMILES string of the molecule is C[C@@H]1C[C@H](C)CN([C@H](C)C(=O)c2c[nH]c3ccccc23)C1. The second kappa shape index (κ2) is 5.64. The molecule has 1 aromatic carbocycles. The minimum absolute atomic E-state index is 0.0468. The third-order valence-electron chi connectivity index (χ3n) is 4.68. The van der Waals surface area contributed by atoms with Gasteiger partial charge in [0.15, 0.2) is 5.78 Å². The minimum atomic E-state index is -0.0468. The minimum Gasteiger partial charge on any atom is -0.360 e. The van der Waals surface area contributed by atoms with Crippen LogP contribution in [0.1, 0.15) is 37.6 Å². The van der Waals surface area contributed by atoms with E-state index in [2.05, 4.69) is 30.7 Å². The molecule has 0 unspecified atom stereocenters.